The van der Waals surface area contributed by atoms with Gasteiger partial charge in [-0.1, -0.05) is 241 Å². The van der Waals surface area contributed by atoms with E-state index < -0.39 is 6.10 Å². The van der Waals surface area contributed by atoms with Crippen LogP contribution in [0.15, 0.2) is 85.1 Å². The Balaban J connectivity index is 3.86. The van der Waals surface area contributed by atoms with Crippen LogP contribution in [-0.2, 0) is 28.6 Å². The fraction of sp³-hybridized carbons (Fsp3) is 0.712. The van der Waals surface area contributed by atoms with Crippen molar-refractivity contribution in [1.82, 2.24) is 0 Å². The molecule has 0 radical (unpaired) electrons. The van der Waals surface area contributed by atoms with Crippen LogP contribution in [0.4, 0.5) is 0 Å². The molecular formula is C59H100O6. The number of carbonyl (C=O) groups is 3. The second-order valence-corrected chi connectivity index (χ2v) is 17.8. The molecular weight excluding hydrogens is 805 g/mol. The third-order valence-electron chi connectivity index (χ3n) is 11.4. The van der Waals surface area contributed by atoms with E-state index in [0.717, 1.165) is 109 Å². The Hall–Kier alpha value is -3.41. The highest BCUT2D eigenvalue weighted by atomic mass is 16.6. The lowest BCUT2D eigenvalue weighted by atomic mass is 10.0. The maximum atomic E-state index is 12.6. The summed E-state index contributed by atoms with van der Waals surface area (Å²) in [7, 11) is 0. The molecule has 372 valence electrons. The van der Waals surface area contributed by atoms with Crippen LogP contribution in [0.1, 0.15) is 252 Å². The van der Waals surface area contributed by atoms with Gasteiger partial charge in [-0.05, 0) is 77.0 Å². The summed E-state index contributed by atoms with van der Waals surface area (Å²) in [6.45, 7) is 6.39. The fourth-order valence-corrected chi connectivity index (χ4v) is 7.36. The summed E-state index contributed by atoms with van der Waals surface area (Å²) in [4.78, 5) is 37.4. The van der Waals surface area contributed by atoms with Gasteiger partial charge in [0, 0.05) is 19.3 Å². The summed E-state index contributed by atoms with van der Waals surface area (Å²) in [5.41, 5.74) is 0. The van der Waals surface area contributed by atoms with E-state index in [1.165, 1.54) is 103 Å². The molecule has 0 fully saturated rings. The van der Waals surface area contributed by atoms with Crippen LogP contribution in [0.25, 0.3) is 0 Å². The van der Waals surface area contributed by atoms with Crippen LogP contribution in [0, 0.1) is 0 Å². The van der Waals surface area contributed by atoms with Gasteiger partial charge in [0.15, 0.2) is 6.10 Å². The Morgan fingerprint density at radius 2 is 0.600 bits per heavy atom. The van der Waals surface area contributed by atoms with Crippen LogP contribution in [0.3, 0.4) is 0 Å². The highest BCUT2D eigenvalue weighted by molar-refractivity contribution is 5.71. The number of rotatable bonds is 48. The first kappa shape index (κ1) is 61.6. The predicted octanol–water partition coefficient (Wildman–Crippen LogP) is 18.0. The molecule has 0 spiro atoms. The lowest BCUT2D eigenvalue weighted by Crippen LogP contribution is -2.30. The maximum absolute atomic E-state index is 12.6. The van der Waals surface area contributed by atoms with Crippen LogP contribution < -0.4 is 0 Å². The third-order valence-corrected chi connectivity index (χ3v) is 11.4. The maximum Gasteiger partial charge on any atom is 0.306 e. The lowest BCUT2D eigenvalue weighted by molar-refractivity contribution is -0.167. The zero-order valence-corrected chi connectivity index (χ0v) is 42.5. The van der Waals surface area contributed by atoms with Crippen molar-refractivity contribution in [3.05, 3.63) is 85.1 Å². The minimum atomic E-state index is -0.766. The summed E-state index contributed by atoms with van der Waals surface area (Å²) in [5, 5.41) is 0. The van der Waals surface area contributed by atoms with Crippen molar-refractivity contribution in [3.63, 3.8) is 0 Å². The molecule has 0 bridgehead atoms. The molecule has 65 heavy (non-hydrogen) atoms. The predicted molar refractivity (Wildman–Crippen MR) is 279 cm³/mol. The fourth-order valence-electron chi connectivity index (χ4n) is 7.36. The quantitative estimate of drug-likeness (QED) is 0.0262. The molecule has 6 heteroatoms. The van der Waals surface area contributed by atoms with Crippen LogP contribution in [0.5, 0.6) is 0 Å². The van der Waals surface area contributed by atoms with Gasteiger partial charge >= 0.3 is 17.9 Å². The van der Waals surface area contributed by atoms with E-state index in [1.54, 1.807) is 0 Å². The van der Waals surface area contributed by atoms with E-state index in [4.69, 9.17) is 14.2 Å². The molecule has 0 aliphatic rings. The average molecular weight is 905 g/mol. The van der Waals surface area contributed by atoms with E-state index in [0.29, 0.717) is 19.3 Å². The number of allylic oxidation sites excluding steroid dienone is 14. The van der Waals surface area contributed by atoms with Crippen LogP contribution in [-0.4, -0.2) is 37.2 Å². The van der Waals surface area contributed by atoms with Gasteiger partial charge in [-0.3, -0.25) is 14.4 Å². The number of carbonyl (C=O) groups excluding carboxylic acids is 3. The normalized spacial score (nSPS) is 12.7. The zero-order valence-electron chi connectivity index (χ0n) is 42.5. The highest BCUT2D eigenvalue weighted by Crippen LogP contribution is 2.15. The molecule has 0 N–H and O–H groups in total. The minimum Gasteiger partial charge on any atom is -0.462 e. The van der Waals surface area contributed by atoms with Crippen LogP contribution >= 0.6 is 0 Å². The Labute approximate surface area is 401 Å². The first-order valence-corrected chi connectivity index (χ1v) is 27.1. The van der Waals surface area contributed by atoms with E-state index in [2.05, 4.69) is 106 Å². The molecule has 0 aromatic rings. The number of unbranched alkanes of at least 4 members (excludes halogenated alkanes) is 23. The number of esters is 3. The Bertz CT molecular complexity index is 1270. The summed E-state index contributed by atoms with van der Waals surface area (Å²) >= 11 is 0. The van der Waals surface area contributed by atoms with Crippen molar-refractivity contribution in [3.8, 4) is 0 Å². The van der Waals surface area contributed by atoms with Gasteiger partial charge in [-0.15, -0.1) is 0 Å². The SMILES string of the molecule is CC/C=C\C/C=C\C/C=C\C/C=C\C/C=C\C/C=C\C/C=C\CCCCCCCCCCCCCCCC(=O)OCC(COC(=O)CCCCCCC)OC(=O)CCCCCCCCC. The van der Waals surface area contributed by atoms with E-state index in [-0.39, 0.29) is 31.1 Å². The molecule has 1 unspecified atom stereocenters. The second-order valence-electron chi connectivity index (χ2n) is 17.8. The Morgan fingerprint density at radius 1 is 0.323 bits per heavy atom. The summed E-state index contributed by atoms with van der Waals surface area (Å²) in [6.07, 6.45) is 69.4. The van der Waals surface area contributed by atoms with Gasteiger partial charge < -0.3 is 14.2 Å². The molecule has 0 aromatic heterocycles. The molecule has 1 atom stereocenters. The topological polar surface area (TPSA) is 78.9 Å². The Kier molecular flexibility index (Phi) is 50.4. The second kappa shape index (κ2) is 53.2. The molecule has 6 nitrogen and oxygen atoms in total. The first-order valence-electron chi connectivity index (χ1n) is 27.1. The van der Waals surface area contributed by atoms with Crippen molar-refractivity contribution < 1.29 is 28.6 Å². The number of ether oxygens (including phenoxy) is 3. The molecule has 0 saturated heterocycles. The first-order chi connectivity index (χ1) is 32.0. The summed E-state index contributed by atoms with van der Waals surface area (Å²) < 4.78 is 16.6. The molecule has 0 aliphatic carbocycles. The number of hydrogen-bond acceptors (Lipinski definition) is 6. The molecule has 0 heterocycles. The van der Waals surface area contributed by atoms with Crippen molar-refractivity contribution >= 4 is 17.9 Å². The molecule has 0 saturated carbocycles. The van der Waals surface area contributed by atoms with Gasteiger partial charge in [0.25, 0.3) is 0 Å². The van der Waals surface area contributed by atoms with Gasteiger partial charge in [0.1, 0.15) is 13.2 Å². The van der Waals surface area contributed by atoms with Crippen molar-refractivity contribution in [1.29, 1.82) is 0 Å². The standard InChI is InChI=1S/C59H100O6/c1-4-7-10-13-15-16-17-18-19-20-21-22-23-24-25-26-27-28-29-30-31-32-33-34-35-36-37-38-39-40-41-42-44-46-49-52-58(61)64-55-56(54-63-57(60)51-48-45-12-9-6-3)65-59(62)53-50-47-43-14-11-8-5-2/h7,10,15-16,18-19,21-22,24-25,27-28,30-31,56H,4-6,8-9,11-14,17,20,23,26,29,32-55H2,1-3H3/b10-7-,16-15-,19-18-,22-21-,25-24-,28-27-,31-30-. The van der Waals surface area contributed by atoms with Gasteiger partial charge in [0.05, 0.1) is 0 Å². The lowest BCUT2D eigenvalue weighted by Gasteiger charge is -2.18. The summed E-state index contributed by atoms with van der Waals surface area (Å²) in [5.74, 6) is -0.897. The monoisotopic (exact) mass is 905 g/mol. The zero-order chi connectivity index (χ0) is 47.2. The summed E-state index contributed by atoms with van der Waals surface area (Å²) in [6, 6.07) is 0. The molecule has 0 rings (SSSR count). The molecule has 0 amide bonds. The van der Waals surface area contributed by atoms with Crippen molar-refractivity contribution in [2.45, 2.75) is 258 Å². The van der Waals surface area contributed by atoms with E-state index in [9.17, 15) is 14.4 Å². The average Bonchev–Trinajstić information content (AvgIpc) is 3.30. The van der Waals surface area contributed by atoms with Crippen molar-refractivity contribution in [2.75, 3.05) is 13.2 Å². The molecule has 0 aromatic carbocycles. The van der Waals surface area contributed by atoms with Gasteiger partial charge in [0.2, 0.25) is 0 Å². The minimum absolute atomic E-state index is 0.0744. The van der Waals surface area contributed by atoms with E-state index in [1.807, 2.05) is 0 Å². The van der Waals surface area contributed by atoms with Gasteiger partial charge in [-0.2, -0.15) is 0 Å². The van der Waals surface area contributed by atoms with Crippen LogP contribution in [0.2, 0.25) is 0 Å². The number of hydrogen-bond donors (Lipinski definition) is 0. The van der Waals surface area contributed by atoms with Gasteiger partial charge in [-0.25, -0.2) is 0 Å². The largest absolute Gasteiger partial charge is 0.462 e. The highest BCUT2D eigenvalue weighted by Gasteiger charge is 2.19. The molecule has 0 aliphatic heterocycles. The van der Waals surface area contributed by atoms with E-state index >= 15 is 0 Å². The Morgan fingerprint density at radius 3 is 0.938 bits per heavy atom. The van der Waals surface area contributed by atoms with Crippen molar-refractivity contribution in [2.24, 2.45) is 0 Å². The smallest absolute Gasteiger partial charge is 0.306 e. The third kappa shape index (κ3) is 51.4.